The molecule has 0 bridgehead atoms. The van der Waals surface area contributed by atoms with Gasteiger partial charge in [0.05, 0.1) is 7.11 Å². The van der Waals surface area contributed by atoms with Crippen molar-refractivity contribution in [3.05, 3.63) is 24.3 Å². The third-order valence-corrected chi connectivity index (χ3v) is 9.77. The minimum Gasteiger partial charge on any atom is -0.497 e. The Morgan fingerprint density at radius 2 is 1.77 bits per heavy atom. The largest absolute Gasteiger partial charge is 0.497 e. The number of hydrogen-bond acceptors (Lipinski definition) is 7. The third-order valence-electron chi connectivity index (χ3n) is 3.56. The van der Waals surface area contributed by atoms with Gasteiger partial charge in [-0.2, -0.15) is 0 Å². The summed E-state index contributed by atoms with van der Waals surface area (Å²) in [5, 5.41) is -0.0870. The fourth-order valence-electron chi connectivity index (χ4n) is 1.77. The summed E-state index contributed by atoms with van der Waals surface area (Å²) in [7, 11) is 4.02. The number of hydrogen-bond donors (Lipinski definition) is 0. The summed E-state index contributed by atoms with van der Waals surface area (Å²) in [5.74, 6) is -1.59. The number of ether oxygens (including phenoxy) is 2. The van der Waals surface area contributed by atoms with Crippen LogP contribution in [0.25, 0.3) is 0 Å². The van der Waals surface area contributed by atoms with Crippen LogP contribution in [0.2, 0.25) is 0 Å². The van der Waals surface area contributed by atoms with Crippen molar-refractivity contribution in [1.29, 1.82) is 0 Å². The maximum atomic E-state index is 13.2. The van der Waals surface area contributed by atoms with E-state index >= 15 is 0 Å². The number of carbonyl (C=O) groups is 3. The molecule has 1 aromatic carbocycles. The van der Waals surface area contributed by atoms with Crippen LogP contribution < -0.4 is 9.47 Å². The van der Waals surface area contributed by atoms with E-state index in [0.29, 0.717) is 18.6 Å². The van der Waals surface area contributed by atoms with Crippen molar-refractivity contribution in [1.82, 2.24) is 9.34 Å². The van der Waals surface area contributed by atoms with Crippen LogP contribution in [0.1, 0.15) is 20.3 Å². The molecule has 26 heavy (non-hydrogen) atoms. The lowest BCUT2D eigenvalue weighted by Gasteiger charge is -2.32. The smallest absolute Gasteiger partial charge is 0.402 e. The highest BCUT2D eigenvalue weighted by molar-refractivity contribution is 8.57. The van der Waals surface area contributed by atoms with Crippen molar-refractivity contribution < 1.29 is 28.4 Å². The van der Waals surface area contributed by atoms with Crippen molar-refractivity contribution in [2.24, 2.45) is 0 Å². The average molecular weight is 402 g/mol. The Bertz CT molecular complexity index is 696. The van der Waals surface area contributed by atoms with E-state index < -0.39 is 18.5 Å². The van der Waals surface area contributed by atoms with Crippen molar-refractivity contribution in [3.63, 3.8) is 0 Å². The van der Waals surface area contributed by atoms with Crippen LogP contribution in [0, 0.1) is 0 Å². The Morgan fingerprint density at radius 3 is 2.23 bits per heavy atom. The second-order valence-corrected chi connectivity index (χ2v) is 10.7. The number of benzene rings is 1. The minimum absolute atomic E-state index is 0.0870. The monoisotopic (exact) mass is 402 g/mol. The highest BCUT2D eigenvalue weighted by Crippen LogP contribution is 2.64. The lowest BCUT2D eigenvalue weighted by atomic mass is 10.3. The van der Waals surface area contributed by atoms with Gasteiger partial charge in [-0.15, -0.1) is 0 Å². The number of rotatable bonds is 8. The zero-order valence-electron chi connectivity index (χ0n) is 15.4. The molecule has 0 N–H and O–H groups in total. The van der Waals surface area contributed by atoms with Crippen LogP contribution in [-0.2, 0) is 18.9 Å². The van der Waals surface area contributed by atoms with Gasteiger partial charge in [-0.3, -0.25) is 23.5 Å². The molecule has 2 unspecified atom stereocenters. The van der Waals surface area contributed by atoms with Gasteiger partial charge in [0.15, 0.2) is 0 Å². The Morgan fingerprint density at radius 1 is 1.23 bits per heavy atom. The van der Waals surface area contributed by atoms with Crippen LogP contribution in [0.15, 0.2) is 24.3 Å². The second kappa shape index (κ2) is 9.64. The standard InChI is InChI=1S/C16H23N2O6PS/c1-6-12(2)26-25(22,17(3)11-19)18(4)15(20)16(21)24-14-9-7-13(23-5)8-10-14/h7-12H,6H2,1-5H3. The van der Waals surface area contributed by atoms with Crippen LogP contribution in [-0.4, -0.2) is 54.1 Å². The summed E-state index contributed by atoms with van der Waals surface area (Å²) in [6.07, 6.45) is 1.05. The molecule has 0 spiro atoms. The quantitative estimate of drug-likeness (QED) is 0.217. The van der Waals surface area contributed by atoms with Crippen LogP contribution in [0.4, 0.5) is 0 Å². The van der Waals surface area contributed by atoms with E-state index in [1.165, 1.54) is 33.3 Å². The molecule has 2 amide bonds. The average Bonchev–Trinajstić information content (AvgIpc) is 2.66. The van der Waals surface area contributed by atoms with E-state index in [4.69, 9.17) is 9.47 Å². The number of carbonyl (C=O) groups excluding carboxylic acids is 3. The number of esters is 1. The molecule has 10 heteroatoms. The van der Waals surface area contributed by atoms with Gasteiger partial charge in [0.25, 0.3) is 0 Å². The fourth-order valence-corrected chi connectivity index (χ4v) is 6.59. The lowest BCUT2D eigenvalue weighted by Crippen LogP contribution is -2.37. The van der Waals surface area contributed by atoms with Crippen molar-refractivity contribution >= 4 is 36.3 Å². The Kier molecular flexibility index (Phi) is 8.17. The van der Waals surface area contributed by atoms with E-state index in [0.717, 1.165) is 20.7 Å². The number of likely N-dealkylation sites (N-methyl/N-ethyl adjacent to an activating group) is 1. The topological polar surface area (TPSA) is 93.2 Å². The molecule has 0 fully saturated rings. The van der Waals surface area contributed by atoms with E-state index in [1.54, 1.807) is 12.1 Å². The van der Waals surface area contributed by atoms with E-state index in [9.17, 15) is 18.9 Å². The van der Waals surface area contributed by atoms with Gasteiger partial charge in [0.1, 0.15) is 11.5 Å². The Hall–Kier alpha value is -1.99. The van der Waals surface area contributed by atoms with E-state index in [2.05, 4.69) is 0 Å². The minimum atomic E-state index is -3.66. The molecular weight excluding hydrogens is 379 g/mol. The highest BCUT2D eigenvalue weighted by Gasteiger charge is 2.40. The van der Waals surface area contributed by atoms with Crippen molar-refractivity contribution in [3.8, 4) is 11.5 Å². The summed E-state index contributed by atoms with van der Waals surface area (Å²) in [6.45, 7) is 0.0583. The first-order chi connectivity index (χ1) is 12.2. The summed E-state index contributed by atoms with van der Waals surface area (Å²) in [4.78, 5) is 35.7. The first-order valence-corrected chi connectivity index (χ1v) is 10.9. The van der Waals surface area contributed by atoms with Crippen molar-refractivity contribution in [2.75, 3.05) is 21.2 Å². The molecule has 0 radical (unpaired) electrons. The molecule has 0 aliphatic carbocycles. The molecular formula is C16H23N2O6PS. The van der Waals surface area contributed by atoms with E-state index in [-0.39, 0.29) is 11.0 Å². The van der Waals surface area contributed by atoms with E-state index in [1.807, 2.05) is 13.8 Å². The Labute approximate surface area is 157 Å². The van der Waals surface area contributed by atoms with Gasteiger partial charge in [-0.05, 0) is 30.7 Å². The van der Waals surface area contributed by atoms with Gasteiger partial charge < -0.3 is 9.47 Å². The lowest BCUT2D eigenvalue weighted by molar-refractivity contribution is -0.151. The summed E-state index contributed by atoms with van der Waals surface area (Å²) in [5.41, 5.74) is 0. The molecule has 0 aliphatic heterocycles. The summed E-state index contributed by atoms with van der Waals surface area (Å²) >= 11 is 0.976. The zero-order chi connectivity index (χ0) is 19.9. The van der Waals surface area contributed by atoms with Crippen LogP contribution >= 0.6 is 18.0 Å². The molecule has 144 valence electrons. The zero-order valence-corrected chi connectivity index (χ0v) is 17.1. The van der Waals surface area contributed by atoms with Crippen molar-refractivity contribution in [2.45, 2.75) is 25.5 Å². The summed E-state index contributed by atoms with van der Waals surface area (Å²) < 4.78 is 24.9. The molecule has 0 heterocycles. The molecule has 1 aromatic rings. The first-order valence-electron chi connectivity index (χ1n) is 7.81. The highest BCUT2D eigenvalue weighted by atomic mass is 32.7. The maximum Gasteiger partial charge on any atom is 0.402 e. The molecule has 0 aliphatic rings. The first kappa shape index (κ1) is 22.1. The van der Waals surface area contributed by atoms with Gasteiger partial charge >= 0.3 is 18.5 Å². The maximum absolute atomic E-state index is 13.2. The van der Waals surface area contributed by atoms with Gasteiger partial charge in [-0.1, -0.05) is 25.2 Å². The predicted molar refractivity (Wildman–Crippen MR) is 100 cm³/mol. The Balaban J connectivity index is 2.96. The molecule has 1 rings (SSSR count). The number of amides is 2. The number of nitrogens with zero attached hydrogens (tertiary/aromatic N) is 2. The molecule has 0 saturated carbocycles. The molecule has 0 aromatic heterocycles. The molecule has 8 nitrogen and oxygen atoms in total. The molecule has 2 atom stereocenters. The third kappa shape index (κ3) is 5.25. The SMILES string of the molecule is CCC(C)SP(=O)(N(C)C=O)N(C)C(=O)C(=O)Oc1ccc(OC)cc1. The fraction of sp³-hybridized carbons (Fsp3) is 0.438. The second-order valence-electron chi connectivity index (χ2n) is 5.39. The van der Waals surface area contributed by atoms with Gasteiger partial charge in [0.2, 0.25) is 6.41 Å². The normalized spacial score (nSPS) is 13.9. The molecule has 0 saturated heterocycles. The van der Waals surface area contributed by atoms with Gasteiger partial charge in [-0.25, -0.2) is 4.79 Å². The predicted octanol–water partition coefficient (Wildman–Crippen LogP) is 2.79. The van der Waals surface area contributed by atoms with Crippen LogP contribution in [0.3, 0.4) is 0 Å². The number of methoxy groups -OCH3 is 1. The van der Waals surface area contributed by atoms with Crippen LogP contribution in [0.5, 0.6) is 11.5 Å². The van der Waals surface area contributed by atoms with Gasteiger partial charge in [0, 0.05) is 19.3 Å². The summed E-state index contributed by atoms with van der Waals surface area (Å²) in [6, 6.07) is 6.07.